The summed E-state index contributed by atoms with van der Waals surface area (Å²) in [5, 5.41) is 9.87. The molecule has 1 aromatic rings. The van der Waals surface area contributed by atoms with Gasteiger partial charge in [-0.1, -0.05) is 18.0 Å². The second kappa shape index (κ2) is 7.50. The summed E-state index contributed by atoms with van der Waals surface area (Å²) in [5.74, 6) is 0.0890. The van der Waals surface area contributed by atoms with E-state index in [2.05, 4.69) is 4.90 Å². The molecule has 1 aromatic carbocycles. The predicted molar refractivity (Wildman–Crippen MR) is 78.4 cm³/mol. The highest BCUT2D eigenvalue weighted by molar-refractivity contribution is 6.30. The van der Waals surface area contributed by atoms with Crippen molar-refractivity contribution in [3.8, 4) is 5.75 Å². The number of carboxylic acid groups (broad SMARTS) is 1. The quantitative estimate of drug-likeness (QED) is 0.820. The van der Waals surface area contributed by atoms with Crippen LogP contribution in [0.4, 0.5) is 0 Å². The number of nitrogens with zero attached hydrogens (tertiary/aromatic N) is 1. The number of benzene rings is 1. The summed E-state index contributed by atoms with van der Waals surface area (Å²) in [6.07, 6.45) is 3.68. The van der Waals surface area contributed by atoms with Crippen molar-refractivity contribution in [3.05, 3.63) is 29.3 Å². The number of carboxylic acids is 1. The lowest BCUT2D eigenvalue weighted by Gasteiger charge is -2.32. The van der Waals surface area contributed by atoms with Crippen LogP contribution in [-0.4, -0.2) is 41.7 Å². The van der Waals surface area contributed by atoms with Crippen LogP contribution in [0, 0.1) is 0 Å². The molecule has 0 saturated carbocycles. The summed E-state index contributed by atoms with van der Waals surface area (Å²) < 4.78 is 5.62. The maximum atomic E-state index is 11.2. The molecule has 0 bridgehead atoms. The molecule has 5 heteroatoms. The molecule has 1 aliphatic heterocycles. The van der Waals surface area contributed by atoms with Crippen LogP contribution in [-0.2, 0) is 4.79 Å². The summed E-state index contributed by atoms with van der Waals surface area (Å²) in [7, 11) is 0. The molecule has 1 heterocycles. The van der Waals surface area contributed by atoms with Crippen LogP contribution in [0.3, 0.4) is 0 Å². The van der Waals surface area contributed by atoms with Crippen LogP contribution in [0.25, 0.3) is 0 Å². The highest BCUT2D eigenvalue weighted by Crippen LogP contribution is 2.18. The third-order valence-electron chi connectivity index (χ3n) is 3.57. The van der Waals surface area contributed by atoms with E-state index in [1.54, 1.807) is 12.1 Å². The van der Waals surface area contributed by atoms with Gasteiger partial charge in [0.2, 0.25) is 0 Å². The van der Waals surface area contributed by atoms with E-state index >= 15 is 0 Å². The third-order valence-corrected chi connectivity index (χ3v) is 3.82. The van der Waals surface area contributed by atoms with Gasteiger partial charge in [-0.2, -0.15) is 0 Å². The summed E-state index contributed by atoms with van der Waals surface area (Å²) in [5.41, 5.74) is 0. The molecule has 110 valence electrons. The van der Waals surface area contributed by atoms with E-state index in [1.807, 2.05) is 12.1 Å². The fourth-order valence-electron chi connectivity index (χ4n) is 2.53. The topological polar surface area (TPSA) is 49.8 Å². The highest BCUT2D eigenvalue weighted by Gasteiger charge is 2.27. The Hall–Kier alpha value is -1.26. The third kappa shape index (κ3) is 4.39. The Morgan fingerprint density at radius 2 is 2.10 bits per heavy atom. The van der Waals surface area contributed by atoms with Crippen LogP contribution >= 0.6 is 11.6 Å². The molecule has 0 amide bonds. The minimum atomic E-state index is -0.705. The molecule has 1 saturated heterocycles. The van der Waals surface area contributed by atoms with Gasteiger partial charge in [0, 0.05) is 11.6 Å². The Bertz CT molecular complexity index is 435. The lowest BCUT2D eigenvalue weighted by molar-refractivity contribution is -0.144. The minimum absolute atomic E-state index is 0.320. The highest BCUT2D eigenvalue weighted by atomic mass is 35.5. The van der Waals surface area contributed by atoms with Crippen molar-refractivity contribution < 1.29 is 14.6 Å². The maximum absolute atomic E-state index is 11.2. The SMILES string of the molecule is O=C(O)C1CCCCN1CCCOc1ccc(Cl)cc1. The number of carbonyl (C=O) groups is 1. The minimum Gasteiger partial charge on any atom is -0.494 e. The number of halogens is 1. The monoisotopic (exact) mass is 297 g/mol. The molecule has 1 atom stereocenters. The van der Waals surface area contributed by atoms with Gasteiger partial charge in [0.05, 0.1) is 6.61 Å². The van der Waals surface area contributed by atoms with Crippen LogP contribution in [0.2, 0.25) is 5.02 Å². The van der Waals surface area contributed by atoms with E-state index in [-0.39, 0.29) is 6.04 Å². The molecule has 0 aromatic heterocycles. The van der Waals surface area contributed by atoms with Gasteiger partial charge < -0.3 is 9.84 Å². The zero-order valence-electron chi connectivity index (χ0n) is 11.4. The summed E-state index contributed by atoms with van der Waals surface area (Å²) in [4.78, 5) is 13.2. The molecular weight excluding hydrogens is 278 g/mol. The lowest BCUT2D eigenvalue weighted by Crippen LogP contribution is -2.45. The largest absolute Gasteiger partial charge is 0.494 e. The van der Waals surface area contributed by atoms with Crippen molar-refractivity contribution in [1.29, 1.82) is 0 Å². The van der Waals surface area contributed by atoms with Gasteiger partial charge >= 0.3 is 5.97 Å². The number of ether oxygens (including phenoxy) is 1. The molecule has 2 rings (SSSR count). The Morgan fingerprint density at radius 3 is 2.80 bits per heavy atom. The van der Waals surface area contributed by atoms with E-state index < -0.39 is 5.97 Å². The first-order valence-corrected chi connectivity index (χ1v) is 7.40. The standard InChI is InChI=1S/C15H20ClNO3/c16-12-5-7-13(8-6-12)20-11-3-10-17-9-2-1-4-14(17)15(18)19/h5-8,14H,1-4,9-11H2,(H,18,19). The van der Waals surface area contributed by atoms with E-state index in [4.69, 9.17) is 16.3 Å². The molecule has 1 aliphatic rings. The zero-order valence-corrected chi connectivity index (χ0v) is 12.2. The Kier molecular flexibility index (Phi) is 5.68. The van der Waals surface area contributed by atoms with Crippen molar-refractivity contribution in [1.82, 2.24) is 4.90 Å². The van der Waals surface area contributed by atoms with Crippen LogP contribution in [0.15, 0.2) is 24.3 Å². The number of likely N-dealkylation sites (tertiary alicyclic amines) is 1. The van der Waals surface area contributed by atoms with Gasteiger partial charge in [-0.05, 0) is 50.1 Å². The van der Waals surface area contributed by atoms with Crippen LogP contribution in [0.1, 0.15) is 25.7 Å². The molecule has 1 unspecified atom stereocenters. The van der Waals surface area contributed by atoms with E-state index in [1.165, 1.54) is 0 Å². The summed E-state index contributed by atoms with van der Waals surface area (Å²) >= 11 is 5.80. The Balaban J connectivity index is 1.72. The predicted octanol–water partition coefficient (Wildman–Crippen LogP) is 3.05. The molecule has 4 nitrogen and oxygen atoms in total. The zero-order chi connectivity index (χ0) is 14.4. The number of hydrogen-bond acceptors (Lipinski definition) is 3. The van der Waals surface area contributed by atoms with Gasteiger partial charge in [0.25, 0.3) is 0 Å². The first-order valence-electron chi connectivity index (χ1n) is 7.02. The van der Waals surface area contributed by atoms with Crippen molar-refractivity contribution in [3.63, 3.8) is 0 Å². The van der Waals surface area contributed by atoms with Crippen molar-refractivity contribution in [2.45, 2.75) is 31.7 Å². The van der Waals surface area contributed by atoms with Gasteiger partial charge in [0.15, 0.2) is 0 Å². The van der Waals surface area contributed by atoms with Gasteiger partial charge in [-0.15, -0.1) is 0 Å². The van der Waals surface area contributed by atoms with Crippen LogP contribution in [0.5, 0.6) is 5.75 Å². The first kappa shape index (κ1) is 15.1. The second-order valence-corrected chi connectivity index (χ2v) is 5.48. The average molecular weight is 298 g/mol. The summed E-state index contributed by atoms with van der Waals surface area (Å²) in [6, 6.07) is 6.94. The fraction of sp³-hybridized carbons (Fsp3) is 0.533. The smallest absolute Gasteiger partial charge is 0.320 e. The fourth-order valence-corrected chi connectivity index (χ4v) is 2.65. The van der Waals surface area contributed by atoms with Crippen LogP contribution < -0.4 is 4.74 Å². The Labute approximate surface area is 124 Å². The molecular formula is C15H20ClNO3. The molecule has 0 aliphatic carbocycles. The van der Waals surface area contributed by atoms with Crippen molar-refractivity contribution in [2.24, 2.45) is 0 Å². The maximum Gasteiger partial charge on any atom is 0.320 e. The average Bonchev–Trinajstić information content (AvgIpc) is 2.46. The number of hydrogen-bond donors (Lipinski definition) is 1. The lowest BCUT2D eigenvalue weighted by atomic mass is 10.0. The van der Waals surface area contributed by atoms with E-state index in [0.29, 0.717) is 11.6 Å². The molecule has 20 heavy (non-hydrogen) atoms. The first-order chi connectivity index (χ1) is 9.66. The van der Waals surface area contributed by atoms with E-state index in [0.717, 1.165) is 44.5 Å². The van der Waals surface area contributed by atoms with Gasteiger partial charge in [-0.25, -0.2) is 0 Å². The number of piperidine rings is 1. The normalized spacial score (nSPS) is 19.8. The summed E-state index contributed by atoms with van der Waals surface area (Å²) in [6.45, 7) is 2.23. The van der Waals surface area contributed by atoms with Crippen molar-refractivity contribution in [2.75, 3.05) is 19.7 Å². The second-order valence-electron chi connectivity index (χ2n) is 5.04. The molecule has 1 fully saturated rings. The van der Waals surface area contributed by atoms with Gasteiger partial charge in [0.1, 0.15) is 11.8 Å². The Morgan fingerprint density at radius 1 is 1.35 bits per heavy atom. The van der Waals surface area contributed by atoms with Crippen molar-refractivity contribution >= 4 is 17.6 Å². The molecule has 0 spiro atoms. The number of rotatable bonds is 6. The van der Waals surface area contributed by atoms with E-state index in [9.17, 15) is 9.90 Å². The molecule has 1 N–H and O–H groups in total. The molecule has 0 radical (unpaired) electrons. The van der Waals surface area contributed by atoms with Gasteiger partial charge in [-0.3, -0.25) is 9.69 Å². The number of aliphatic carboxylic acids is 1.